The molecule has 25 heavy (non-hydrogen) atoms. The van der Waals surface area contributed by atoms with E-state index in [1.807, 2.05) is 18.2 Å². The van der Waals surface area contributed by atoms with Crippen molar-refractivity contribution in [1.82, 2.24) is 13.6 Å². The Morgan fingerprint density at radius 3 is 2.52 bits per heavy atom. The van der Waals surface area contributed by atoms with Crippen molar-refractivity contribution >= 4 is 22.8 Å². The van der Waals surface area contributed by atoms with Crippen LogP contribution in [0.5, 0.6) is 5.75 Å². The van der Waals surface area contributed by atoms with Crippen molar-refractivity contribution in [3.05, 3.63) is 53.1 Å². The molecule has 3 aromatic rings. The molecule has 0 radical (unpaired) electrons. The summed E-state index contributed by atoms with van der Waals surface area (Å²) in [4.78, 5) is 2.24. The van der Waals surface area contributed by atoms with E-state index in [1.54, 1.807) is 0 Å². The highest BCUT2D eigenvalue weighted by atomic mass is 32.1. The minimum Gasteiger partial charge on any atom is -0.493 e. The molecule has 0 spiro atoms. The molecular weight excluding hydrogens is 334 g/mol. The molecule has 6 heteroatoms. The third-order valence-electron chi connectivity index (χ3n) is 3.98. The Morgan fingerprint density at radius 1 is 1.04 bits per heavy atom. The molecule has 0 atom stereocenters. The smallest absolute Gasteiger partial charge is 0.124 e. The van der Waals surface area contributed by atoms with Crippen molar-refractivity contribution in [3.8, 4) is 5.75 Å². The monoisotopic (exact) mass is 357 g/mol. The van der Waals surface area contributed by atoms with Crippen LogP contribution in [-0.4, -0.2) is 32.4 Å². The number of aliphatic hydroxyl groups is 1. The highest BCUT2D eigenvalue weighted by molar-refractivity contribution is 7.00. The molecule has 0 unspecified atom stereocenters. The zero-order valence-electron chi connectivity index (χ0n) is 14.6. The first-order valence-corrected chi connectivity index (χ1v) is 9.18. The summed E-state index contributed by atoms with van der Waals surface area (Å²) in [6.45, 7) is 4.36. The summed E-state index contributed by atoms with van der Waals surface area (Å²) >= 11 is 1.24. The van der Waals surface area contributed by atoms with Gasteiger partial charge in [-0.25, -0.2) is 0 Å². The Morgan fingerprint density at radius 2 is 1.76 bits per heavy atom. The van der Waals surface area contributed by atoms with Crippen molar-refractivity contribution in [1.29, 1.82) is 0 Å². The molecule has 0 amide bonds. The highest BCUT2D eigenvalue weighted by Gasteiger charge is 2.08. The van der Waals surface area contributed by atoms with Crippen LogP contribution in [0.25, 0.3) is 11.0 Å². The summed E-state index contributed by atoms with van der Waals surface area (Å²) in [5.41, 5.74) is 5.12. The first kappa shape index (κ1) is 17.8. The molecule has 0 aliphatic carbocycles. The Hall–Kier alpha value is -2.02. The average Bonchev–Trinajstić information content (AvgIpc) is 3.08. The van der Waals surface area contributed by atoms with Gasteiger partial charge < -0.3 is 9.84 Å². The van der Waals surface area contributed by atoms with Gasteiger partial charge in [-0.15, -0.1) is 0 Å². The van der Waals surface area contributed by atoms with Crippen molar-refractivity contribution < 1.29 is 9.84 Å². The molecule has 0 aliphatic rings. The summed E-state index contributed by atoms with van der Waals surface area (Å²) < 4.78 is 14.2. The van der Waals surface area contributed by atoms with Gasteiger partial charge in [-0.05, 0) is 48.9 Å². The second-order valence-electron chi connectivity index (χ2n) is 6.21. The molecule has 1 aromatic heterocycles. The maximum Gasteiger partial charge on any atom is 0.124 e. The van der Waals surface area contributed by atoms with Gasteiger partial charge in [0.15, 0.2) is 0 Å². The van der Waals surface area contributed by atoms with Crippen LogP contribution in [0.1, 0.15) is 30.0 Å². The maximum atomic E-state index is 9.59. The average molecular weight is 357 g/mol. The number of benzene rings is 2. The summed E-state index contributed by atoms with van der Waals surface area (Å²) in [6, 6.07) is 12.3. The minimum atomic E-state index is -0.00983. The van der Waals surface area contributed by atoms with Gasteiger partial charge in [-0.2, -0.15) is 8.75 Å². The number of hydrogen-bond acceptors (Lipinski definition) is 6. The van der Waals surface area contributed by atoms with E-state index in [0.29, 0.717) is 6.61 Å². The summed E-state index contributed by atoms with van der Waals surface area (Å²) in [6.07, 6.45) is 0.953. The quantitative estimate of drug-likeness (QED) is 0.667. The van der Waals surface area contributed by atoms with Crippen molar-refractivity contribution in [3.63, 3.8) is 0 Å². The molecule has 1 N–H and O–H groups in total. The number of nitrogens with zero attached hydrogens (tertiary/aromatic N) is 3. The molecule has 2 aromatic carbocycles. The van der Waals surface area contributed by atoms with Crippen molar-refractivity contribution in [2.75, 3.05) is 13.7 Å². The fraction of sp³-hybridized carbons (Fsp3) is 0.368. The molecule has 5 nitrogen and oxygen atoms in total. The zero-order chi connectivity index (χ0) is 17.6. The number of aromatic nitrogens is 2. The van der Waals surface area contributed by atoms with Crippen LogP contribution in [0.4, 0.5) is 0 Å². The van der Waals surface area contributed by atoms with Crippen LogP contribution >= 0.6 is 11.7 Å². The van der Waals surface area contributed by atoms with Gasteiger partial charge in [0.05, 0.1) is 24.9 Å². The van der Waals surface area contributed by atoms with E-state index in [9.17, 15) is 5.11 Å². The second-order valence-corrected chi connectivity index (χ2v) is 6.74. The van der Waals surface area contributed by atoms with Gasteiger partial charge in [0.2, 0.25) is 0 Å². The molecule has 0 saturated heterocycles. The second kappa shape index (κ2) is 8.38. The number of rotatable bonds is 8. The fourth-order valence-electron chi connectivity index (χ4n) is 2.81. The third kappa shape index (κ3) is 4.54. The van der Waals surface area contributed by atoms with Crippen molar-refractivity contribution in [2.45, 2.75) is 33.0 Å². The molecule has 132 valence electrons. The Kier molecular flexibility index (Phi) is 5.96. The Bertz CT molecular complexity index is 834. The lowest BCUT2D eigenvalue weighted by molar-refractivity contribution is 0.262. The van der Waals surface area contributed by atoms with Crippen LogP contribution in [0.2, 0.25) is 0 Å². The maximum absolute atomic E-state index is 9.59. The molecular formula is C19H23N3O2S. The standard InChI is InChI=1S/C19H23N3O2S/c1-3-8-24-19-7-5-14(9-16(19)13-23)11-22(2)12-15-4-6-17-18(10-15)21-25-20-17/h4-7,9-10,23H,3,8,11-13H2,1-2H3. The van der Waals surface area contributed by atoms with Gasteiger partial charge in [-0.1, -0.05) is 19.1 Å². The van der Waals surface area contributed by atoms with E-state index >= 15 is 0 Å². The predicted octanol–water partition coefficient (Wildman–Crippen LogP) is 3.60. The van der Waals surface area contributed by atoms with E-state index in [4.69, 9.17) is 4.74 Å². The van der Waals surface area contributed by atoms with Gasteiger partial charge in [0.25, 0.3) is 0 Å². The van der Waals surface area contributed by atoms with Crippen molar-refractivity contribution in [2.24, 2.45) is 0 Å². The lowest BCUT2D eigenvalue weighted by atomic mass is 10.1. The molecule has 1 heterocycles. The highest BCUT2D eigenvalue weighted by Crippen LogP contribution is 2.22. The lowest BCUT2D eigenvalue weighted by Gasteiger charge is -2.18. The summed E-state index contributed by atoms with van der Waals surface area (Å²) in [5.74, 6) is 0.775. The predicted molar refractivity (Wildman–Crippen MR) is 101 cm³/mol. The molecule has 0 bridgehead atoms. The van der Waals surface area contributed by atoms with Crippen LogP contribution in [0.3, 0.4) is 0 Å². The van der Waals surface area contributed by atoms with Gasteiger partial charge in [0, 0.05) is 18.7 Å². The largest absolute Gasteiger partial charge is 0.493 e. The normalized spacial score (nSPS) is 11.4. The summed E-state index contributed by atoms with van der Waals surface area (Å²) in [5, 5.41) is 9.59. The topological polar surface area (TPSA) is 58.5 Å². The SMILES string of the molecule is CCCOc1ccc(CN(C)Cc2ccc3nsnc3c2)cc1CO. The lowest BCUT2D eigenvalue weighted by Crippen LogP contribution is -2.17. The molecule has 0 fully saturated rings. The Labute approximate surface area is 152 Å². The first-order valence-electron chi connectivity index (χ1n) is 8.44. The van der Waals surface area contributed by atoms with Crippen LogP contribution in [-0.2, 0) is 19.7 Å². The number of fused-ring (bicyclic) bond motifs is 1. The fourth-order valence-corrected chi connectivity index (χ4v) is 3.33. The van der Waals surface area contributed by atoms with E-state index in [-0.39, 0.29) is 6.61 Å². The third-order valence-corrected chi connectivity index (χ3v) is 4.54. The number of aliphatic hydroxyl groups excluding tert-OH is 1. The zero-order valence-corrected chi connectivity index (χ0v) is 15.4. The van der Waals surface area contributed by atoms with Crippen LogP contribution < -0.4 is 4.74 Å². The van der Waals surface area contributed by atoms with E-state index in [1.165, 1.54) is 17.3 Å². The minimum absolute atomic E-state index is 0.00983. The van der Waals surface area contributed by atoms with Gasteiger partial charge >= 0.3 is 0 Å². The summed E-state index contributed by atoms with van der Waals surface area (Å²) in [7, 11) is 2.09. The van der Waals surface area contributed by atoms with E-state index in [2.05, 4.69) is 45.8 Å². The molecule has 0 saturated carbocycles. The first-order chi connectivity index (χ1) is 12.2. The van der Waals surface area contributed by atoms with E-state index in [0.717, 1.165) is 47.4 Å². The molecule has 0 aliphatic heterocycles. The number of ether oxygens (including phenoxy) is 1. The van der Waals surface area contributed by atoms with E-state index < -0.39 is 0 Å². The Balaban J connectivity index is 1.66. The van der Waals surface area contributed by atoms with Crippen LogP contribution in [0.15, 0.2) is 36.4 Å². The van der Waals surface area contributed by atoms with Crippen LogP contribution in [0, 0.1) is 0 Å². The van der Waals surface area contributed by atoms with Gasteiger partial charge in [-0.3, -0.25) is 4.90 Å². The number of hydrogen-bond donors (Lipinski definition) is 1. The molecule has 3 rings (SSSR count). The van der Waals surface area contributed by atoms with Gasteiger partial charge in [0.1, 0.15) is 16.8 Å².